The lowest BCUT2D eigenvalue weighted by atomic mass is 10.0. The van der Waals surface area contributed by atoms with Crippen LogP contribution in [-0.4, -0.2) is 124 Å². The highest BCUT2D eigenvalue weighted by Gasteiger charge is 2.20. The molecule has 1 atom stereocenters. The van der Waals surface area contributed by atoms with Crippen LogP contribution in [0.2, 0.25) is 0 Å². The van der Waals surface area contributed by atoms with Crippen molar-refractivity contribution in [3.8, 4) is 0 Å². The summed E-state index contributed by atoms with van der Waals surface area (Å²) < 4.78 is 21.2. The van der Waals surface area contributed by atoms with E-state index < -0.39 is 18.0 Å². The van der Waals surface area contributed by atoms with Gasteiger partial charge in [0.15, 0.2) is 0 Å². The number of carbonyl (C=O) groups is 6. The average Bonchev–Trinajstić information content (AvgIpc) is 3.12. The summed E-state index contributed by atoms with van der Waals surface area (Å²) >= 11 is 0. The molecule has 0 bridgehead atoms. The molecule has 0 rings (SSSR count). The van der Waals surface area contributed by atoms with Crippen LogP contribution in [-0.2, 0) is 47.7 Å². The number of rotatable bonds is 39. The molecule has 0 aliphatic heterocycles. The Hall–Kier alpha value is -3.34. The van der Waals surface area contributed by atoms with Gasteiger partial charge in [-0.2, -0.15) is 0 Å². The Labute approximate surface area is 315 Å². The molecule has 0 aliphatic rings. The Morgan fingerprint density at radius 2 is 0.906 bits per heavy atom. The first kappa shape index (κ1) is 49.7. The molecule has 0 spiro atoms. The predicted octanol–water partition coefficient (Wildman–Crippen LogP) is 3.10. The number of carboxylic acid groups (broad SMARTS) is 2. The van der Waals surface area contributed by atoms with Crippen molar-refractivity contribution in [2.75, 3.05) is 72.5 Å². The molecule has 0 aromatic rings. The zero-order valence-electron chi connectivity index (χ0n) is 32.1. The molecule has 0 unspecified atom stereocenters. The maximum atomic E-state index is 12.3. The summed E-state index contributed by atoms with van der Waals surface area (Å²) in [7, 11) is 0. The number of hydrogen-bond donors (Lipinski definition) is 6. The minimum absolute atomic E-state index is 0.0102. The van der Waals surface area contributed by atoms with E-state index in [1.165, 1.54) is 19.3 Å². The van der Waals surface area contributed by atoms with Gasteiger partial charge in [-0.15, -0.1) is 0 Å². The summed E-state index contributed by atoms with van der Waals surface area (Å²) in [6, 6.07) is -1.14. The van der Waals surface area contributed by atoms with Crippen molar-refractivity contribution in [1.29, 1.82) is 0 Å². The standard InChI is InChI=1S/C37H68N4O12/c1-2-3-20-38-34(44)29-52-27-26-51-24-22-40-35(45)30-53-28-25-50-23-21-39-32(42)19-18-31(37(48)49)41-33(43)16-14-12-10-8-6-4-5-7-9-11-13-15-17-36(46)47/h31H,2-30H2,1H3,(H,38,44)(H,39,42)(H,40,45)(H,41,43)(H,46,47)(H,48,49)/t31-/m0/s1. The molecule has 16 nitrogen and oxygen atoms in total. The van der Waals surface area contributed by atoms with Crippen LogP contribution >= 0.6 is 0 Å². The highest BCUT2D eigenvalue weighted by molar-refractivity contribution is 5.84. The van der Waals surface area contributed by atoms with E-state index in [4.69, 9.17) is 24.1 Å². The fourth-order valence-electron chi connectivity index (χ4n) is 5.02. The third-order valence-corrected chi connectivity index (χ3v) is 8.04. The molecule has 0 aromatic carbocycles. The second-order valence-electron chi connectivity index (χ2n) is 12.9. The number of nitrogens with one attached hydrogen (secondary N) is 4. The average molecular weight is 761 g/mol. The Kier molecular flexibility index (Phi) is 34.7. The van der Waals surface area contributed by atoms with Crippen molar-refractivity contribution in [3.05, 3.63) is 0 Å². The number of unbranched alkanes of at least 4 members (excludes halogenated alkanes) is 12. The van der Waals surface area contributed by atoms with E-state index >= 15 is 0 Å². The quantitative estimate of drug-likeness (QED) is 0.0497. The van der Waals surface area contributed by atoms with Crippen molar-refractivity contribution < 1.29 is 57.9 Å². The Morgan fingerprint density at radius 3 is 1.38 bits per heavy atom. The van der Waals surface area contributed by atoms with Gasteiger partial charge in [-0.05, 0) is 25.7 Å². The van der Waals surface area contributed by atoms with E-state index in [1.807, 2.05) is 6.92 Å². The molecule has 0 aromatic heterocycles. The van der Waals surface area contributed by atoms with Gasteiger partial charge in [0.05, 0.1) is 39.6 Å². The number of carboxylic acids is 2. The van der Waals surface area contributed by atoms with Gasteiger partial charge in [0.1, 0.15) is 19.3 Å². The third kappa shape index (κ3) is 36.8. The van der Waals surface area contributed by atoms with E-state index in [0.717, 1.165) is 64.2 Å². The van der Waals surface area contributed by atoms with Gasteiger partial charge >= 0.3 is 11.9 Å². The molecular weight excluding hydrogens is 692 g/mol. The number of aliphatic carboxylic acids is 2. The SMILES string of the molecule is CCCCNC(=O)COCCOCCNC(=O)COCCOCCNC(=O)CC[C@H](NC(=O)CCCCCCCCCCCCCCC(=O)O)C(=O)O. The predicted molar refractivity (Wildman–Crippen MR) is 198 cm³/mol. The second kappa shape index (κ2) is 37.0. The molecule has 16 heteroatoms. The summed E-state index contributed by atoms with van der Waals surface area (Å²) in [5.41, 5.74) is 0. The van der Waals surface area contributed by atoms with Crippen LogP contribution < -0.4 is 21.3 Å². The van der Waals surface area contributed by atoms with Crippen LogP contribution in [0.25, 0.3) is 0 Å². The van der Waals surface area contributed by atoms with Gasteiger partial charge in [0.2, 0.25) is 23.6 Å². The summed E-state index contributed by atoms with van der Waals surface area (Å²) in [6.45, 7) is 4.55. The topological polar surface area (TPSA) is 228 Å². The Morgan fingerprint density at radius 1 is 0.472 bits per heavy atom. The van der Waals surface area contributed by atoms with Crippen molar-refractivity contribution in [2.24, 2.45) is 0 Å². The zero-order chi connectivity index (χ0) is 39.2. The van der Waals surface area contributed by atoms with Gasteiger partial charge < -0.3 is 50.4 Å². The largest absolute Gasteiger partial charge is 0.481 e. The van der Waals surface area contributed by atoms with Crippen LogP contribution in [0, 0.1) is 0 Å². The lowest BCUT2D eigenvalue weighted by molar-refractivity contribution is -0.142. The minimum Gasteiger partial charge on any atom is -0.481 e. The van der Waals surface area contributed by atoms with Crippen LogP contribution in [0.1, 0.15) is 122 Å². The molecule has 0 fully saturated rings. The van der Waals surface area contributed by atoms with Gasteiger partial charge in [-0.25, -0.2) is 4.79 Å². The third-order valence-electron chi connectivity index (χ3n) is 8.04. The molecular formula is C37H68N4O12. The molecule has 6 N–H and O–H groups in total. The van der Waals surface area contributed by atoms with Gasteiger partial charge in [0.25, 0.3) is 0 Å². The first-order chi connectivity index (χ1) is 25.6. The summed E-state index contributed by atoms with van der Waals surface area (Å²) in [5.74, 6) is -3.04. The minimum atomic E-state index is -1.18. The fraction of sp³-hybridized carbons (Fsp3) is 0.838. The lowest BCUT2D eigenvalue weighted by Crippen LogP contribution is -2.41. The molecule has 4 amide bonds. The molecule has 0 aliphatic carbocycles. The fourth-order valence-corrected chi connectivity index (χ4v) is 5.02. The molecule has 0 saturated heterocycles. The summed E-state index contributed by atoms with van der Waals surface area (Å²) in [4.78, 5) is 69.8. The second-order valence-corrected chi connectivity index (χ2v) is 12.9. The first-order valence-corrected chi connectivity index (χ1v) is 19.5. The maximum absolute atomic E-state index is 12.3. The monoisotopic (exact) mass is 760 g/mol. The van der Waals surface area contributed by atoms with Crippen LogP contribution in [0.15, 0.2) is 0 Å². The molecule has 0 radical (unpaired) electrons. The van der Waals surface area contributed by atoms with Gasteiger partial charge in [0, 0.05) is 38.9 Å². The van der Waals surface area contributed by atoms with Crippen molar-refractivity contribution in [2.45, 2.75) is 129 Å². The lowest BCUT2D eigenvalue weighted by Gasteiger charge is -2.14. The number of carbonyl (C=O) groups excluding carboxylic acids is 4. The number of amides is 4. The van der Waals surface area contributed by atoms with Crippen molar-refractivity contribution in [1.82, 2.24) is 21.3 Å². The van der Waals surface area contributed by atoms with Crippen molar-refractivity contribution in [3.63, 3.8) is 0 Å². The molecule has 0 saturated carbocycles. The van der Waals surface area contributed by atoms with Gasteiger partial charge in [-0.3, -0.25) is 24.0 Å². The van der Waals surface area contributed by atoms with Crippen molar-refractivity contribution >= 4 is 35.6 Å². The Balaban J connectivity index is 3.66. The molecule has 0 heterocycles. The normalized spacial score (nSPS) is 11.5. The van der Waals surface area contributed by atoms with E-state index in [1.54, 1.807) is 0 Å². The number of hydrogen-bond acceptors (Lipinski definition) is 10. The number of ether oxygens (including phenoxy) is 4. The van der Waals surface area contributed by atoms with Gasteiger partial charge in [-0.1, -0.05) is 77.6 Å². The Bertz CT molecular complexity index is 985. The first-order valence-electron chi connectivity index (χ1n) is 19.5. The summed E-state index contributed by atoms with van der Waals surface area (Å²) in [5, 5.41) is 28.7. The van der Waals surface area contributed by atoms with E-state index in [-0.39, 0.29) is 95.5 Å². The smallest absolute Gasteiger partial charge is 0.326 e. The van der Waals surface area contributed by atoms with Crippen LogP contribution in [0.4, 0.5) is 0 Å². The summed E-state index contributed by atoms with van der Waals surface area (Å²) in [6.07, 6.45) is 14.7. The van der Waals surface area contributed by atoms with Crippen LogP contribution in [0.3, 0.4) is 0 Å². The zero-order valence-corrected chi connectivity index (χ0v) is 32.1. The maximum Gasteiger partial charge on any atom is 0.326 e. The van der Waals surface area contributed by atoms with E-state index in [2.05, 4.69) is 21.3 Å². The van der Waals surface area contributed by atoms with E-state index in [0.29, 0.717) is 32.7 Å². The molecule has 308 valence electrons. The highest BCUT2D eigenvalue weighted by Crippen LogP contribution is 2.13. The molecule has 53 heavy (non-hydrogen) atoms. The van der Waals surface area contributed by atoms with E-state index in [9.17, 15) is 33.9 Å². The highest BCUT2D eigenvalue weighted by atomic mass is 16.5. The van der Waals surface area contributed by atoms with Crippen LogP contribution in [0.5, 0.6) is 0 Å².